The lowest BCUT2D eigenvalue weighted by Crippen LogP contribution is -2.39. The Hall–Kier alpha value is -2.13. The van der Waals surface area contributed by atoms with Gasteiger partial charge < -0.3 is 15.5 Å². The Morgan fingerprint density at radius 2 is 1.73 bits per heavy atom. The molecule has 0 saturated heterocycles. The lowest BCUT2D eigenvalue weighted by Gasteiger charge is -2.20. The first-order valence-corrected chi connectivity index (χ1v) is 7.79. The third-order valence-electron chi connectivity index (χ3n) is 3.02. The molecule has 0 heterocycles. The number of phenolic OH excluding ortho intramolecular Hbond substituents is 1. The van der Waals surface area contributed by atoms with Crippen molar-refractivity contribution in [2.24, 2.45) is 0 Å². The zero-order valence-electron chi connectivity index (χ0n) is 12.5. The number of nitrogens with one attached hydrogen (secondary N) is 1. The molecule has 8 nitrogen and oxygen atoms in total. The lowest BCUT2D eigenvalue weighted by molar-refractivity contribution is -0.150. The molecule has 0 aromatic heterocycles. The van der Waals surface area contributed by atoms with Crippen LogP contribution in [0.2, 0.25) is 0 Å². The van der Waals surface area contributed by atoms with Crippen molar-refractivity contribution >= 4 is 21.9 Å². The Morgan fingerprint density at radius 3 is 2.18 bits per heavy atom. The van der Waals surface area contributed by atoms with Gasteiger partial charge in [-0.25, -0.2) is 13.2 Å². The summed E-state index contributed by atoms with van der Waals surface area (Å²) in [4.78, 5) is 21.3. The maximum atomic E-state index is 12.5. The van der Waals surface area contributed by atoms with Crippen LogP contribution in [0.15, 0.2) is 17.0 Å². The second kappa shape index (κ2) is 6.75. The highest BCUT2D eigenvalue weighted by Gasteiger charge is 2.25. The molecule has 0 aliphatic rings. The Kier molecular flexibility index (Phi) is 5.50. The van der Waals surface area contributed by atoms with Gasteiger partial charge >= 0.3 is 11.9 Å². The maximum Gasteiger partial charge on any atom is 0.394 e. The number of hydrogen-bond acceptors (Lipinski definition) is 5. The molecule has 0 aliphatic heterocycles. The average molecular weight is 330 g/mol. The Morgan fingerprint density at radius 1 is 1.23 bits per heavy atom. The smallest absolute Gasteiger partial charge is 0.394 e. The molecule has 1 amide bonds. The van der Waals surface area contributed by atoms with E-state index in [1.54, 1.807) is 13.8 Å². The predicted octanol–water partition coefficient (Wildman–Crippen LogP) is -0.170. The fourth-order valence-corrected chi connectivity index (χ4v) is 3.59. The summed E-state index contributed by atoms with van der Waals surface area (Å²) in [6.07, 6.45) is 0. The molecule has 0 bridgehead atoms. The van der Waals surface area contributed by atoms with Crippen LogP contribution in [-0.4, -0.2) is 54.9 Å². The number of sulfonamides is 1. The summed E-state index contributed by atoms with van der Waals surface area (Å²) < 4.78 is 26.0. The number of aromatic hydroxyl groups is 1. The molecule has 0 spiro atoms. The van der Waals surface area contributed by atoms with E-state index in [0.29, 0.717) is 11.1 Å². The van der Waals surface area contributed by atoms with Gasteiger partial charge in [-0.05, 0) is 37.1 Å². The molecule has 0 aliphatic carbocycles. The summed E-state index contributed by atoms with van der Waals surface area (Å²) in [6.45, 7) is 2.93. The Labute approximate surface area is 128 Å². The fraction of sp³-hybridized carbons (Fsp3) is 0.385. The number of carboxylic acids is 1. The van der Waals surface area contributed by atoms with Crippen molar-refractivity contribution < 1.29 is 28.2 Å². The zero-order chi connectivity index (χ0) is 17.1. The standard InChI is InChI=1S/C13H18N2O6S/c1-8-6-10(16)7-9(2)11(8)22(20,21)15(3)5-4-14-12(17)13(18)19/h6-7,16H,4-5H2,1-3H3,(H,14,17)(H,18,19). The van der Waals surface area contributed by atoms with E-state index in [2.05, 4.69) is 5.32 Å². The summed E-state index contributed by atoms with van der Waals surface area (Å²) in [5.41, 5.74) is 0.804. The molecule has 122 valence electrons. The number of benzene rings is 1. The van der Waals surface area contributed by atoms with Crippen LogP contribution in [0, 0.1) is 13.8 Å². The van der Waals surface area contributed by atoms with Gasteiger partial charge in [0, 0.05) is 20.1 Å². The summed E-state index contributed by atoms with van der Waals surface area (Å²) >= 11 is 0. The summed E-state index contributed by atoms with van der Waals surface area (Å²) in [6, 6.07) is 2.69. The van der Waals surface area contributed by atoms with Gasteiger partial charge in [-0.3, -0.25) is 4.79 Å². The van der Waals surface area contributed by atoms with Gasteiger partial charge in [0.15, 0.2) is 0 Å². The number of aliphatic carboxylic acids is 1. The molecule has 1 aromatic carbocycles. The van der Waals surface area contributed by atoms with Crippen molar-refractivity contribution in [3.63, 3.8) is 0 Å². The normalized spacial score (nSPS) is 11.5. The van der Waals surface area contributed by atoms with Gasteiger partial charge in [0.05, 0.1) is 4.90 Å². The van der Waals surface area contributed by atoms with E-state index in [0.717, 1.165) is 4.31 Å². The third-order valence-corrected chi connectivity index (χ3v) is 5.18. The van der Waals surface area contributed by atoms with Crippen molar-refractivity contribution in [1.29, 1.82) is 0 Å². The van der Waals surface area contributed by atoms with Gasteiger partial charge in [0.25, 0.3) is 0 Å². The largest absolute Gasteiger partial charge is 0.508 e. The first-order valence-electron chi connectivity index (χ1n) is 6.35. The summed E-state index contributed by atoms with van der Waals surface area (Å²) in [5.74, 6) is -2.84. The van der Waals surface area contributed by atoms with E-state index in [-0.39, 0.29) is 23.7 Å². The minimum absolute atomic E-state index is 0.0228. The summed E-state index contributed by atoms with van der Waals surface area (Å²) in [5, 5.41) is 20.0. The number of phenols is 1. The van der Waals surface area contributed by atoms with E-state index in [9.17, 15) is 23.1 Å². The molecule has 3 N–H and O–H groups in total. The minimum atomic E-state index is -3.81. The molecule has 1 rings (SSSR count). The molecule has 0 saturated carbocycles. The number of hydrogen-bond donors (Lipinski definition) is 3. The number of aryl methyl sites for hydroxylation is 2. The Bertz CT molecular complexity index is 675. The highest BCUT2D eigenvalue weighted by Crippen LogP contribution is 2.26. The maximum absolute atomic E-state index is 12.5. The van der Waals surface area contributed by atoms with E-state index in [4.69, 9.17) is 5.11 Å². The van der Waals surface area contributed by atoms with Crippen LogP contribution in [0.25, 0.3) is 0 Å². The van der Waals surface area contributed by atoms with Gasteiger partial charge in [-0.2, -0.15) is 4.31 Å². The molecule has 1 aromatic rings. The van der Waals surface area contributed by atoms with Crippen LogP contribution in [0.5, 0.6) is 5.75 Å². The third kappa shape index (κ3) is 3.95. The molecular weight excluding hydrogens is 312 g/mol. The van der Waals surface area contributed by atoms with Crippen LogP contribution in [0.3, 0.4) is 0 Å². The van der Waals surface area contributed by atoms with Gasteiger partial charge in [-0.15, -0.1) is 0 Å². The van der Waals surface area contributed by atoms with Crippen molar-refractivity contribution in [1.82, 2.24) is 9.62 Å². The van der Waals surface area contributed by atoms with Gasteiger partial charge in [0.1, 0.15) is 5.75 Å². The number of likely N-dealkylation sites (N-methyl/N-ethyl adjacent to an activating group) is 1. The average Bonchev–Trinajstić information content (AvgIpc) is 2.36. The van der Waals surface area contributed by atoms with E-state index >= 15 is 0 Å². The monoisotopic (exact) mass is 330 g/mol. The van der Waals surface area contributed by atoms with Crippen LogP contribution in [0.1, 0.15) is 11.1 Å². The zero-order valence-corrected chi connectivity index (χ0v) is 13.3. The summed E-state index contributed by atoms with van der Waals surface area (Å²) in [7, 11) is -2.48. The van der Waals surface area contributed by atoms with Crippen molar-refractivity contribution in [2.75, 3.05) is 20.1 Å². The minimum Gasteiger partial charge on any atom is -0.508 e. The second-order valence-corrected chi connectivity index (χ2v) is 6.78. The number of amides is 1. The molecule has 0 radical (unpaired) electrons. The van der Waals surface area contributed by atoms with Crippen LogP contribution in [-0.2, 0) is 19.6 Å². The number of rotatable bonds is 5. The quantitative estimate of drug-likeness (QED) is 0.644. The van der Waals surface area contributed by atoms with Crippen LogP contribution < -0.4 is 5.32 Å². The highest BCUT2D eigenvalue weighted by atomic mass is 32.2. The molecule has 0 atom stereocenters. The lowest BCUT2D eigenvalue weighted by atomic mass is 10.1. The number of carbonyl (C=O) groups is 2. The molecular formula is C13H18N2O6S. The molecule has 9 heteroatoms. The van der Waals surface area contributed by atoms with E-state index in [1.165, 1.54) is 19.2 Å². The van der Waals surface area contributed by atoms with Crippen molar-refractivity contribution in [3.05, 3.63) is 23.3 Å². The van der Waals surface area contributed by atoms with Gasteiger partial charge in [0.2, 0.25) is 10.0 Å². The topological polar surface area (TPSA) is 124 Å². The van der Waals surface area contributed by atoms with Crippen LogP contribution in [0.4, 0.5) is 0 Å². The van der Waals surface area contributed by atoms with E-state index < -0.39 is 21.9 Å². The molecule has 22 heavy (non-hydrogen) atoms. The van der Waals surface area contributed by atoms with Crippen molar-refractivity contribution in [2.45, 2.75) is 18.7 Å². The first-order chi connectivity index (χ1) is 10.1. The molecule has 0 fully saturated rings. The number of carbonyl (C=O) groups excluding carboxylic acids is 1. The first kappa shape index (κ1) is 17.9. The molecule has 0 unspecified atom stereocenters. The SMILES string of the molecule is Cc1cc(O)cc(C)c1S(=O)(=O)N(C)CCNC(=O)C(=O)O. The number of carboxylic acid groups (broad SMARTS) is 1. The predicted molar refractivity (Wildman–Crippen MR) is 78.0 cm³/mol. The van der Waals surface area contributed by atoms with E-state index in [1.807, 2.05) is 0 Å². The second-order valence-electron chi connectivity index (χ2n) is 4.80. The highest BCUT2D eigenvalue weighted by molar-refractivity contribution is 7.89. The Balaban J connectivity index is 2.91. The fourth-order valence-electron chi connectivity index (χ4n) is 2.01. The number of nitrogens with zero attached hydrogens (tertiary/aromatic N) is 1. The van der Waals surface area contributed by atoms with Crippen LogP contribution >= 0.6 is 0 Å². The van der Waals surface area contributed by atoms with Crippen molar-refractivity contribution in [3.8, 4) is 5.75 Å². The van der Waals surface area contributed by atoms with Gasteiger partial charge in [-0.1, -0.05) is 0 Å².